The van der Waals surface area contributed by atoms with E-state index in [4.69, 9.17) is 20.2 Å². The van der Waals surface area contributed by atoms with Gasteiger partial charge in [0.05, 0.1) is 12.8 Å². The van der Waals surface area contributed by atoms with E-state index in [0.29, 0.717) is 19.1 Å². The van der Waals surface area contributed by atoms with Crippen LogP contribution in [0.4, 0.5) is 5.13 Å². The Kier molecular flexibility index (Phi) is 9.63. The smallest absolute Gasteiger partial charge is 0.186 e. The first-order valence-corrected chi connectivity index (χ1v) is 12.7. The van der Waals surface area contributed by atoms with Gasteiger partial charge in [-0.05, 0) is 60.4 Å². The van der Waals surface area contributed by atoms with Crippen LogP contribution in [-0.2, 0) is 26.0 Å². The van der Waals surface area contributed by atoms with Crippen LogP contribution in [0.3, 0.4) is 0 Å². The summed E-state index contributed by atoms with van der Waals surface area (Å²) in [7, 11) is 1.70. The zero-order valence-electron chi connectivity index (χ0n) is 20.4. The molecule has 0 amide bonds. The molecular weight excluding hydrogens is 466 g/mol. The minimum absolute atomic E-state index is 0. The van der Waals surface area contributed by atoms with Gasteiger partial charge in [-0.25, -0.2) is 4.98 Å². The van der Waals surface area contributed by atoms with Gasteiger partial charge >= 0.3 is 0 Å². The van der Waals surface area contributed by atoms with E-state index in [-0.39, 0.29) is 12.4 Å². The van der Waals surface area contributed by atoms with E-state index in [1.807, 2.05) is 17.4 Å². The van der Waals surface area contributed by atoms with Gasteiger partial charge in [-0.2, -0.15) is 0 Å². The van der Waals surface area contributed by atoms with Crippen molar-refractivity contribution in [1.29, 1.82) is 0 Å². The maximum absolute atomic E-state index is 6.18. The number of anilines is 1. The van der Waals surface area contributed by atoms with Crippen molar-refractivity contribution in [2.75, 3.05) is 25.1 Å². The number of thiazole rings is 1. The van der Waals surface area contributed by atoms with Crippen LogP contribution in [0.5, 0.6) is 11.5 Å². The molecular formula is C27H36ClN3O2S. The minimum Gasteiger partial charge on any atom is -0.493 e. The van der Waals surface area contributed by atoms with Crippen molar-refractivity contribution < 1.29 is 9.47 Å². The standard InChI is InChI=1S/C27H35N3O2S.ClH/c1-19(2)22-9-5-4-8-21(22)18-32-24-13-12-20(16-25(24)31-3)17-30(15-14-28)27-29-23-10-6-7-11-26(23)33-27;/h4-5,8-9,12-13,16,19H,6-7,10-11,14-15,17-18,28H2,1-3H3;1H. The van der Waals surface area contributed by atoms with Gasteiger partial charge in [-0.1, -0.05) is 44.2 Å². The van der Waals surface area contributed by atoms with Crippen molar-refractivity contribution in [3.05, 3.63) is 69.7 Å². The highest BCUT2D eigenvalue weighted by molar-refractivity contribution is 7.15. The van der Waals surface area contributed by atoms with E-state index in [1.165, 1.54) is 34.5 Å². The van der Waals surface area contributed by atoms with Crippen LogP contribution in [0.2, 0.25) is 0 Å². The molecule has 0 saturated carbocycles. The predicted molar refractivity (Wildman–Crippen MR) is 144 cm³/mol. The molecule has 0 bridgehead atoms. The molecule has 1 aliphatic rings. The fourth-order valence-corrected chi connectivity index (χ4v) is 5.58. The van der Waals surface area contributed by atoms with Gasteiger partial charge in [0.2, 0.25) is 0 Å². The number of aryl methyl sites for hydroxylation is 2. The van der Waals surface area contributed by atoms with Crippen molar-refractivity contribution in [2.24, 2.45) is 5.73 Å². The largest absolute Gasteiger partial charge is 0.493 e. The molecule has 0 saturated heterocycles. The molecule has 7 heteroatoms. The number of ether oxygens (including phenoxy) is 2. The molecule has 1 aliphatic carbocycles. The van der Waals surface area contributed by atoms with Gasteiger partial charge in [0, 0.05) is 24.5 Å². The Balaban J connectivity index is 0.00000324. The van der Waals surface area contributed by atoms with Crippen LogP contribution in [0.1, 0.15) is 59.9 Å². The average Bonchev–Trinajstić information content (AvgIpc) is 3.27. The topological polar surface area (TPSA) is 60.6 Å². The Labute approximate surface area is 213 Å². The first-order chi connectivity index (χ1) is 16.1. The molecule has 2 N–H and O–H groups in total. The number of halogens is 1. The summed E-state index contributed by atoms with van der Waals surface area (Å²) in [6, 6.07) is 14.7. The third kappa shape index (κ3) is 6.23. The van der Waals surface area contributed by atoms with Crippen molar-refractivity contribution in [1.82, 2.24) is 4.98 Å². The van der Waals surface area contributed by atoms with Crippen LogP contribution < -0.4 is 20.1 Å². The van der Waals surface area contributed by atoms with Crippen molar-refractivity contribution in [3.8, 4) is 11.5 Å². The summed E-state index contributed by atoms with van der Waals surface area (Å²) in [5.74, 6) is 1.97. The highest BCUT2D eigenvalue weighted by Gasteiger charge is 2.19. The fraction of sp³-hybridized carbons (Fsp3) is 0.444. The van der Waals surface area contributed by atoms with Crippen molar-refractivity contribution in [2.45, 2.75) is 58.6 Å². The minimum atomic E-state index is 0. The Morgan fingerprint density at radius 2 is 1.88 bits per heavy atom. The molecule has 0 atom stereocenters. The van der Waals surface area contributed by atoms with E-state index < -0.39 is 0 Å². The summed E-state index contributed by atoms with van der Waals surface area (Å²) < 4.78 is 11.9. The summed E-state index contributed by atoms with van der Waals surface area (Å²) >= 11 is 1.83. The Hall–Kier alpha value is -2.28. The lowest BCUT2D eigenvalue weighted by molar-refractivity contribution is 0.283. The van der Waals surface area contributed by atoms with Crippen molar-refractivity contribution in [3.63, 3.8) is 0 Å². The fourth-order valence-electron chi connectivity index (χ4n) is 4.41. The zero-order chi connectivity index (χ0) is 23.2. The maximum Gasteiger partial charge on any atom is 0.186 e. The number of aromatic nitrogens is 1. The molecule has 184 valence electrons. The summed E-state index contributed by atoms with van der Waals surface area (Å²) in [4.78, 5) is 8.68. The summed E-state index contributed by atoms with van der Waals surface area (Å²) in [6.07, 6.45) is 4.77. The first-order valence-electron chi connectivity index (χ1n) is 11.9. The number of benzene rings is 2. The number of rotatable bonds is 10. The van der Waals surface area contributed by atoms with E-state index in [1.54, 1.807) is 7.11 Å². The number of fused-ring (bicyclic) bond motifs is 1. The second-order valence-electron chi connectivity index (χ2n) is 8.91. The van der Waals surface area contributed by atoms with E-state index in [9.17, 15) is 0 Å². The molecule has 3 aromatic rings. The number of methoxy groups -OCH3 is 1. The highest BCUT2D eigenvalue weighted by atomic mass is 35.5. The van der Waals surface area contributed by atoms with Crippen LogP contribution in [0, 0.1) is 0 Å². The van der Waals surface area contributed by atoms with Crippen LogP contribution in [-0.4, -0.2) is 25.2 Å². The van der Waals surface area contributed by atoms with Gasteiger partial charge < -0.3 is 20.1 Å². The summed E-state index contributed by atoms with van der Waals surface area (Å²) in [6.45, 7) is 7.06. The van der Waals surface area contributed by atoms with Gasteiger partial charge in [-0.15, -0.1) is 23.7 Å². The third-order valence-electron chi connectivity index (χ3n) is 6.17. The molecule has 0 fully saturated rings. The summed E-state index contributed by atoms with van der Waals surface area (Å²) in [5.41, 5.74) is 10.9. The highest BCUT2D eigenvalue weighted by Crippen LogP contribution is 2.34. The molecule has 4 rings (SSSR count). The molecule has 0 radical (unpaired) electrons. The average molecular weight is 502 g/mol. The van der Waals surface area contributed by atoms with Gasteiger partial charge in [0.1, 0.15) is 6.61 Å². The predicted octanol–water partition coefficient (Wildman–Crippen LogP) is 6.12. The molecule has 0 spiro atoms. The van der Waals surface area contributed by atoms with Crippen LogP contribution in [0.25, 0.3) is 0 Å². The van der Waals surface area contributed by atoms with Gasteiger partial charge in [0.15, 0.2) is 16.6 Å². The Morgan fingerprint density at radius 1 is 1.09 bits per heavy atom. The van der Waals surface area contributed by atoms with Crippen LogP contribution >= 0.6 is 23.7 Å². The van der Waals surface area contributed by atoms with Crippen LogP contribution in [0.15, 0.2) is 42.5 Å². The SMILES string of the molecule is COc1cc(CN(CCN)c2nc3c(s2)CCCC3)ccc1OCc1ccccc1C(C)C.Cl. The lowest BCUT2D eigenvalue weighted by atomic mass is 9.98. The summed E-state index contributed by atoms with van der Waals surface area (Å²) in [5, 5.41) is 1.08. The number of hydrogen-bond donors (Lipinski definition) is 1. The second kappa shape index (κ2) is 12.4. The van der Waals surface area contributed by atoms with E-state index in [0.717, 1.165) is 48.1 Å². The lowest BCUT2D eigenvalue weighted by Gasteiger charge is -2.22. The molecule has 0 aliphatic heterocycles. The number of hydrogen-bond acceptors (Lipinski definition) is 6. The monoisotopic (exact) mass is 501 g/mol. The zero-order valence-corrected chi connectivity index (χ0v) is 22.0. The molecule has 2 aromatic carbocycles. The molecule has 5 nitrogen and oxygen atoms in total. The van der Waals surface area contributed by atoms with Gasteiger partial charge in [0.25, 0.3) is 0 Å². The first kappa shape index (κ1) is 26.3. The number of nitrogens with zero attached hydrogens (tertiary/aromatic N) is 2. The maximum atomic E-state index is 6.18. The third-order valence-corrected chi connectivity index (χ3v) is 7.38. The number of nitrogens with two attached hydrogens (primary N) is 1. The quantitative estimate of drug-likeness (QED) is 0.362. The van der Waals surface area contributed by atoms with E-state index >= 15 is 0 Å². The Bertz CT molecular complexity index is 1050. The lowest BCUT2D eigenvalue weighted by Crippen LogP contribution is -2.28. The van der Waals surface area contributed by atoms with E-state index in [2.05, 4.69) is 55.1 Å². The van der Waals surface area contributed by atoms with Crippen molar-refractivity contribution >= 4 is 28.9 Å². The molecule has 0 unspecified atom stereocenters. The van der Waals surface area contributed by atoms with Gasteiger partial charge in [-0.3, -0.25) is 0 Å². The molecule has 1 heterocycles. The molecule has 1 aromatic heterocycles. The Morgan fingerprint density at radius 3 is 2.62 bits per heavy atom. The second-order valence-corrected chi connectivity index (χ2v) is 9.97. The normalized spacial score (nSPS) is 12.7. The molecule has 34 heavy (non-hydrogen) atoms.